The molecule has 0 aliphatic rings. The molecule has 0 bridgehead atoms. The number of aliphatic carboxylic acids is 1. The van der Waals surface area contributed by atoms with Crippen LogP contribution >= 0.6 is 0 Å². The number of halogens is 4. The number of amides is 1. The maximum atomic E-state index is 14.2. The first-order chi connectivity index (χ1) is 17.2. The molecule has 0 heterocycles. The zero-order valence-corrected chi connectivity index (χ0v) is 20.5. The smallest absolute Gasteiger partial charge is 0.416 e. The Morgan fingerprint density at radius 1 is 0.919 bits per heavy atom. The molecule has 0 atom stereocenters. The van der Waals surface area contributed by atoms with Gasteiger partial charge in [0, 0.05) is 18.2 Å². The number of alkyl halides is 3. The van der Waals surface area contributed by atoms with E-state index in [4.69, 9.17) is 9.47 Å². The highest BCUT2D eigenvalue weighted by molar-refractivity contribution is 5.95. The summed E-state index contributed by atoms with van der Waals surface area (Å²) in [5.74, 6) is -1.50. The second kappa shape index (κ2) is 10.5. The zero-order chi connectivity index (χ0) is 27.5. The molecule has 2 N–H and O–H groups in total. The fourth-order valence-electron chi connectivity index (χ4n) is 3.41. The van der Waals surface area contributed by atoms with Gasteiger partial charge in [-0.2, -0.15) is 13.2 Å². The van der Waals surface area contributed by atoms with Crippen LogP contribution in [0.3, 0.4) is 0 Å². The maximum Gasteiger partial charge on any atom is 0.416 e. The van der Waals surface area contributed by atoms with Crippen LogP contribution in [0.5, 0.6) is 17.2 Å². The molecule has 3 rings (SSSR count). The highest BCUT2D eigenvalue weighted by Crippen LogP contribution is 2.31. The molecule has 0 saturated carbocycles. The minimum atomic E-state index is -4.52. The van der Waals surface area contributed by atoms with Crippen LogP contribution in [-0.4, -0.2) is 22.6 Å². The number of carbonyl (C=O) groups is 2. The molecule has 0 fully saturated rings. The third-order valence-corrected chi connectivity index (χ3v) is 5.44. The number of benzene rings is 3. The van der Waals surface area contributed by atoms with Crippen LogP contribution in [0.1, 0.15) is 46.5 Å². The molecule has 6 nitrogen and oxygen atoms in total. The summed E-state index contributed by atoms with van der Waals surface area (Å²) in [6.07, 6.45) is -4.52. The molecule has 0 unspecified atom stereocenters. The van der Waals surface area contributed by atoms with Crippen molar-refractivity contribution in [2.45, 2.75) is 46.0 Å². The molecule has 196 valence electrons. The quantitative estimate of drug-likeness (QED) is 0.335. The van der Waals surface area contributed by atoms with Crippen molar-refractivity contribution in [2.24, 2.45) is 0 Å². The molecule has 37 heavy (non-hydrogen) atoms. The average molecular weight is 519 g/mol. The van der Waals surface area contributed by atoms with Crippen molar-refractivity contribution in [3.8, 4) is 17.2 Å². The first-order valence-electron chi connectivity index (χ1n) is 11.1. The predicted molar refractivity (Wildman–Crippen MR) is 127 cm³/mol. The van der Waals surface area contributed by atoms with Crippen LogP contribution in [0, 0.1) is 19.7 Å². The highest BCUT2D eigenvalue weighted by atomic mass is 19.4. The summed E-state index contributed by atoms with van der Waals surface area (Å²) in [6.45, 7) is 5.86. The summed E-state index contributed by atoms with van der Waals surface area (Å²) in [4.78, 5) is 23.8. The van der Waals surface area contributed by atoms with Crippen molar-refractivity contribution in [2.75, 3.05) is 0 Å². The summed E-state index contributed by atoms with van der Waals surface area (Å²) in [5, 5.41) is 11.8. The molecule has 0 aliphatic heterocycles. The molecular weight excluding hydrogens is 494 g/mol. The third kappa shape index (κ3) is 6.99. The first kappa shape index (κ1) is 27.5. The van der Waals surface area contributed by atoms with Crippen molar-refractivity contribution in [1.29, 1.82) is 0 Å². The van der Waals surface area contributed by atoms with Gasteiger partial charge in [0.1, 0.15) is 23.1 Å². The van der Waals surface area contributed by atoms with E-state index in [2.05, 4.69) is 5.32 Å². The van der Waals surface area contributed by atoms with E-state index in [0.717, 1.165) is 24.3 Å². The van der Waals surface area contributed by atoms with Gasteiger partial charge in [0.25, 0.3) is 5.91 Å². The molecular formula is C27H25F4NO5. The monoisotopic (exact) mass is 519 g/mol. The van der Waals surface area contributed by atoms with Gasteiger partial charge in [-0.3, -0.25) is 4.79 Å². The topological polar surface area (TPSA) is 84.9 Å². The van der Waals surface area contributed by atoms with Crippen LogP contribution in [0.25, 0.3) is 0 Å². The van der Waals surface area contributed by atoms with Gasteiger partial charge >= 0.3 is 12.1 Å². The minimum Gasteiger partial charge on any atom is -0.478 e. The van der Waals surface area contributed by atoms with Crippen molar-refractivity contribution >= 4 is 11.9 Å². The number of aryl methyl sites for hydroxylation is 2. The molecule has 10 heteroatoms. The van der Waals surface area contributed by atoms with Gasteiger partial charge in [-0.25, -0.2) is 9.18 Å². The lowest BCUT2D eigenvalue weighted by Crippen LogP contribution is -2.38. The van der Waals surface area contributed by atoms with Crippen LogP contribution in [0.4, 0.5) is 17.6 Å². The largest absolute Gasteiger partial charge is 0.478 e. The van der Waals surface area contributed by atoms with Gasteiger partial charge in [0.2, 0.25) is 0 Å². The molecule has 0 saturated heterocycles. The summed E-state index contributed by atoms with van der Waals surface area (Å²) in [5.41, 5.74) is -1.09. The van der Waals surface area contributed by atoms with Crippen molar-refractivity contribution in [3.63, 3.8) is 0 Å². The van der Waals surface area contributed by atoms with Gasteiger partial charge in [-0.1, -0.05) is 0 Å². The Balaban J connectivity index is 1.70. The summed E-state index contributed by atoms with van der Waals surface area (Å²) < 4.78 is 64.1. The van der Waals surface area contributed by atoms with E-state index >= 15 is 0 Å². The average Bonchev–Trinajstić information content (AvgIpc) is 2.78. The van der Waals surface area contributed by atoms with E-state index in [1.807, 2.05) is 0 Å². The second-order valence-corrected chi connectivity index (χ2v) is 8.95. The summed E-state index contributed by atoms with van der Waals surface area (Å²) in [7, 11) is 0. The predicted octanol–water partition coefficient (Wildman–Crippen LogP) is 6.43. The van der Waals surface area contributed by atoms with Crippen LogP contribution in [0.2, 0.25) is 0 Å². The summed E-state index contributed by atoms with van der Waals surface area (Å²) in [6, 6.07) is 11.4. The molecule has 0 spiro atoms. The van der Waals surface area contributed by atoms with Crippen molar-refractivity contribution < 1.29 is 41.7 Å². The standard InChI is InChI=1S/C27H25F4NO5/c1-15-9-18(27(29,30)31)5-7-22(15)24(33)32-14-17-11-19(28)13-21(12-17)36-20-6-8-23(16(2)10-20)37-26(3,4)25(34)35/h5-13H,14H2,1-4H3,(H,32,33)(H,34,35). The number of carbonyl (C=O) groups excluding carboxylic acids is 1. The Hall–Kier alpha value is -4.08. The molecule has 3 aromatic rings. The van der Waals surface area contributed by atoms with Gasteiger partial charge in [-0.15, -0.1) is 0 Å². The van der Waals surface area contributed by atoms with E-state index in [0.29, 0.717) is 22.6 Å². The van der Waals surface area contributed by atoms with Gasteiger partial charge in [0.05, 0.1) is 5.56 Å². The SMILES string of the molecule is Cc1cc(Oc2cc(F)cc(CNC(=O)c3ccc(C(F)(F)F)cc3C)c2)ccc1OC(C)(C)C(=O)O. The second-order valence-electron chi connectivity index (χ2n) is 8.95. The van der Waals surface area contributed by atoms with E-state index < -0.39 is 35.0 Å². The van der Waals surface area contributed by atoms with E-state index in [1.165, 1.54) is 32.9 Å². The number of carboxylic acids is 1. The molecule has 3 aromatic carbocycles. The van der Waals surface area contributed by atoms with Gasteiger partial charge < -0.3 is 19.9 Å². The Kier molecular flexibility index (Phi) is 7.80. The minimum absolute atomic E-state index is 0.0738. The Labute approximate surface area is 210 Å². The van der Waals surface area contributed by atoms with Crippen LogP contribution in [0.15, 0.2) is 54.6 Å². The number of carboxylic acid groups (broad SMARTS) is 1. The Bertz CT molecular complexity index is 1330. The molecule has 0 aromatic heterocycles. The first-order valence-corrected chi connectivity index (χ1v) is 11.1. The highest BCUT2D eigenvalue weighted by Gasteiger charge is 2.31. The zero-order valence-electron chi connectivity index (χ0n) is 20.5. The van der Waals surface area contributed by atoms with E-state index in [-0.39, 0.29) is 23.4 Å². The van der Waals surface area contributed by atoms with Crippen molar-refractivity contribution in [3.05, 3.63) is 88.2 Å². The fourth-order valence-corrected chi connectivity index (χ4v) is 3.41. The van der Waals surface area contributed by atoms with Gasteiger partial charge in [-0.05, 0) is 92.9 Å². The lowest BCUT2D eigenvalue weighted by Gasteiger charge is -2.23. The molecule has 0 aliphatic carbocycles. The van der Waals surface area contributed by atoms with Gasteiger partial charge in [0.15, 0.2) is 5.60 Å². The number of hydrogen-bond donors (Lipinski definition) is 2. The lowest BCUT2D eigenvalue weighted by atomic mass is 10.0. The fraction of sp³-hybridized carbons (Fsp3) is 0.259. The van der Waals surface area contributed by atoms with E-state index in [1.54, 1.807) is 25.1 Å². The van der Waals surface area contributed by atoms with Crippen LogP contribution in [-0.2, 0) is 17.5 Å². The number of ether oxygens (including phenoxy) is 2. The maximum absolute atomic E-state index is 14.2. The molecule has 0 radical (unpaired) electrons. The Morgan fingerprint density at radius 2 is 1.62 bits per heavy atom. The summed E-state index contributed by atoms with van der Waals surface area (Å²) >= 11 is 0. The third-order valence-electron chi connectivity index (χ3n) is 5.44. The lowest BCUT2D eigenvalue weighted by molar-refractivity contribution is -0.152. The number of rotatable bonds is 8. The Morgan fingerprint density at radius 3 is 2.22 bits per heavy atom. The number of nitrogens with one attached hydrogen (secondary N) is 1. The van der Waals surface area contributed by atoms with Crippen LogP contribution < -0.4 is 14.8 Å². The van der Waals surface area contributed by atoms with E-state index in [9.17, 15) is 32.3 Å². The van der Waals surface area contributed by atoms with Crippen molar-refractivity contribution in [1.82, 2.24) is 5.32 Å². The normalized spacial score (nSPS) is 11.7. The molecule has 1 amide bonds. The number of hydrogen-bond acceptors (Lipinski definition) is 4.